The molecule has 0 saturated carbocycles. The number of amides is 1. The molecule has 2 atom stereocenters. The molecule has 1 saturated heterocycles. The molecule has 1 fully saturated rings. The lowest BCUT2D eigenvalue weighted by atomic mass is 10.0. The van der Waals surface area contributed by atoms with Crippen molar-refractivity contribution in [2.45, 2.75) is 31.7 Å². The SMILES string of the molecule is COCc1ccc(C(=O)N[C@@H]2CCN(Cc3cscn3)C[C@H]2O)s1. The van der Waals surface area contributed by atoms with Gasteiger partial charge in [0.25, 0.3) is 5.91 Å². The topological polar surface area (TPSA) is 74.7 Å². The van der Waals surface area contributed by atoms with E-state index in [0.717, 1.165) is 30.1 Å². The lowest BCUT2D eigenvalue weighted by Gasteiger charge is -2.35. The Morgan fingerprint density at radius 3 is 3.12 bits per heavy atom. The number of β-amino-alcohol motifs (C(OH)–C–C–N with tert-alkyl or cyclic N) is 1. The predicted molar refractivity (Wildman–Crippen MR) is 94.3 cm³/mol. The smallest absolute Gasteiger partial charge is 0.261 e. The van der Waals surface area contributed by atoms with Crippen molar-refractivity contribution in [2.24, 2.45) is 0 Å². The van der Waals surface area contributed by atoms with Crippen molar-refractivity contribution < 1.29 is 14.6 Å². The number of rotatable bonds is 6. The molecule has 1 amide bonds. The Kier molecular flexibility index (Phi) is 5.96. The van der Waals surface area contributed by atoms with Gasteiger partial charge in [0.2, 0.25) is 0 Å². The van der Waals surface area contributed by atoms with Gasteiger partial charge in [-0.2, -0.15) is 0 Å². The zero-order valence-corrected chi connectivity index (χ0v) is 15.1. The fraction of sp³-hybridized carbons (Fsp3) is 0.500. The number of hydrogen-bond donors (Lipinski definition) is 2. The number of aliphatic hydroxyl groups is 1. The van der Waals surface area contributed by atoms with Crippen LogP contribution in [0, 0.1) is 0 Å². The Morgan fingerprint density at radius 1 is 1.54 bits per heavy atom. The average Bonchev–Trinajstić information content (AvgIpc) is 3.22. The molecule has 3 heterocycles. The number of piperidine rings is 1. The minimum absolute atomic E-state index is 0.126. The molecule has 6 nitrogen and oxygen atoms in total. The van der Waals surface area contributed by atoms with Crippen molar-refractivity contribution in [1.29, 1.82) is 0 Å². The number of aliphatic hydroxyl groups excluding tert-OH is 1. The summed E-state index contributed by atoms with van der Waals surface area (Å²) in [6.07, 6.45) is 0.160. The van der Waals surface area contributed by atoms with Crippen molar-refractivity contribution in [3.05, 3.63) is 38.5 Å². The Balaban J connectivity index is 1.51. The molecule has 0 aliphatic carbocycles. The average molecular weight is 367 g/mol. The highest BCUT2D eigenvalue weighted by Gasteiger charge is 2.29. The summed E-state index contributed by atoms with van der Waals surface area (Å²) in [5, 5.41) is 15.3. The van der Waals surface area contributed by atoms with Gasteiger partial charge in [0, 0.05) is 37.0 Å². The summed E-state index contributed by atoms with van der Waals surface area (Å²) in [6, 6.07) is 3.49. The number of thiazole rings is 1. The maximum Gasteiger partial charge on any atom is 0.261 e. The third kappa shape index (κ3) is 4.40. The van der Waals surface area contributed by atoms with Crippen LogP contribution in [0.25, 0.3) is 0 Å². The number of methoxy groups -OCH3 is 1. The van der Waals surface area contributed by atoms with Gasteiger partial charge in [-0.1, -0.05) is 0 Å². The van der Waals surface area contributed by atoms with Crippen molar-refractivity contribution >= 4 is 28.6 Å². The second-order valence-corrected chi connectivity index (χ2v) is 7.74. The summed E-state index contributed by atoms with van der Waals surface area (Å²) in [7, 11) is 1.63. The van der Waals surface area contributed by atoms with Crippen molar-refractivity contribution in [1.82, 2.24) is 15.2 Å². The van der Waals surface area contributed by atoms with Crippen LogP contribution in [0.3, 0.4) is 0 Å². The molecule has 1 aliphatic rings. The Morgan fingerprint density at radius 2 is 2.42 bits per heavy atom. The normalized spacial score (nSPS) is 21.8. The van der Waals surface area contributed by atoms with Crippen LogP contribution in [-0.2, 0) is 17.9 Å². The molecule has 2 aromatic heterocycles. The van der Waals surface area contributed by atoms with Gasteiger partial charge < -0.3 is 15.2 Å². The minimum Gasteiger partial charge on any atom is -0.390 e. The van der Waals surface area contributed by atoms with E-state index in [4.69, 9.17) is 4.74 Å². The molecule has 0 unspecified atom stereocenters. The number of nitrogens with one attached hydrogen (secondary N) is 1. The second-order valence-electron chi connectivity index (χ2n) is 5.85. The molecule has 3 rings (SSSR count). The number of likely N-dealkylation sites (tertiary alicyclic amines) is 1. The quantitative estimate of drug-likeness (QED) is 0.813. The van der Waals surface area contributed by atoms with Crippen LogP contribution < -0.4 is 5.32 Å². The van der Waals surface area contributed by atoms with E-state index in [1.54, 1.807) is 24.5 Å². The summed E-state index contributed by atoms with van der Waals surface area (Å²) in [6.45, 7) is 2.63. The zero-order chi connectivity index (χ0) is 16.9. The van der Waals surface area contributed by atoms with Gasteiger partial charge in [-0.25, -0.2) is 4.98 Å². The number of carbonyl (C=O) groups excluding carboxylic acids is 1. The fourth-order valence-electron chi connectivity index (χ4n) is 2.81. The predicted octanol–water partition coefficient (Wildman–Crippen LogP) is 1.72. The Hall–Kier alpha value is -1.32. The first-order chi connectivity index (χ1) is 11.7. The first-order valence-electron chi connectivity index (χ1n) is 7.81. The Bertz CT molecular complexity index is 659. The molecular weight excluding hydrogens is 346 g/mol. The molecule has 2 aromatic rings. The van der Waals surface area contributed by atoms with Crippen molar-refractivity contribution in [3.63, 3.8) is 0 Å². The van der Waals surface area contributed by atoms with E-state index in [-0.39, 0.29) is 11.9 Å². The number of hydrogen-bond acceptors (Lipinski definition) is 7. The van der Waals surface area contributed by atoms with Gasteiger partial charge in [0.05, 0.1) is 34.8 Å². The molecule has 0 aromatic carbocycles. The standard InChI is InChI=1S/C16H21N3O3S2/c1-22-8-12-2-3-15(24-12)16(21)18-13-4-5-19(7-14(13)20)6-11-9-23-10-17-11/h2-3,9-10,13-14,20H,4-8H2,1H3,(H,18,21)/t13-,14-/m1/s1. The Labute approximate surface area is 149 Å². The van der Waals surface area contributed by atoms with Gasteiger partial charge in [0.15, 0.2) is 0 Å². The van der Waals surface area contributed by atoms with E-state index in [1.807, 2.05) is 17.0 Å². The van der Waals surface area contributed by atoms with Crippen LogP contribution in [0.1, 0.15) is 26.7 Å². The van der Waals surface area contributed by atoms with Crippen molar-refractivity contribution in [2.75, 3.05) is 20.2 Å². The number of nitrogens with zero attached hydrogens (tertiary/aromatic N) is 2. The first kappa shape index (κ1) is 17.5. The molecular formula is C16H21N3O3S2. The van der Waals surface area contributed by atoms with E-state index in [1.165, 1.54) is 11.3 Å². The van der Waals surface area contributed by atoms with E-state index < -0.39 is 6.10 Å². The highest BCUT2D eigenvalue weighted by Crippen LogP contribution is 2.19. The third-order valence-corrected chi connectivity index (χ3v) is 5.72. The van der Waals surface area contributed by atoms with Crippen LogP contribution >= 0.6 is 22.7 Å². The molecule has 24 heavy (non-hydrogen) atoms. The molecule has 0 radical (unpaired) electrons. The summed E-state index contributed by atoms with van der Waals surface area (Å²) in [4.78, 5) is 20.5. The number of thiophene rings is 1. The van der Waals surface area contributed by atoms with Crippen LogP contribution in [-0.4, -0.2) is 53.2 Å². The summed E-state index contributed by atoms with van der Waals surface area (Å²) < 4.78 is 5.07. The largest absolute Gasteiger partial charge is 0.390 e. The lowest BCUT2D eigenvalue weighted by molar-refractivity contribution is 0.0347. The van der Waals surface area contributed by atoms with Gasteiger partial charge in [-0.05, 0) is 18.6 Å². The molecule has 2 N–H and O–H groups in total. The lowest BCUT2D eigenvalue weighted by Crippen LogP contribution is -2.53. The van der Waals surface area contributed by atoms with Gasteiger partial charge in [-0.3, -0.25) is 9.69 Å². The van der Waals surface area contributed by atoms with Gasteiger partial charge in [0.1, 0.15) is 0 Å². The summed E-state index contributed by atoms with van der Waals surface area (Å²) in [5.41, 5.74) is 2.84. The highest BCUT2D eigenvalue weighted by molar-refractivity contribution is 7.14. The highest BCUT2D eigenvalue weighted by atomic mass is 32.1. The van der Waals surface area contributed by atoms with E-state index >= 15 is 0 Å². The minimum atomic E-state index is -0.570. The van der Waals surface area contributed by atoms with Crippen LogP contribution in [0.2, 0.25) is 0 Å². The number of ether oxygens (including phenoxy) is 1. The third-order valence-electron chi connectivity index (χ3n) is 4.02. The number of carbonyl (C=O) groups is 1. The second kappa shape index (κ2) is 8.17. The molecule has 0 bridgehead atoms. The maximum absolute atomic E-state index is 12.3. The maximum atomic E-state index is 12.3. The summed E-state index contributed by atoms with van der Waals surface area (Å²) >= 11 is 3.00. The van der Waals surface area contributed by atoms with Crippen LogP contribution in [0.4, 0.5) is 0 Å². The van der Waals surface area contributed by atoms with E-state index in [9.17, 15) is 9.90 Å². The van der Waals surface area contributed by atoms with Crippen LogP contribution in [0.5, 0.6) is 0 Å². The zero-order valence-electron chi connectivity index (χ0n) is 13.5. The summed E-state index contributed by atoms with van der Waals surface area (Å²) in [5.74, 6) is -0.126. The fourth-order valence-corrected chi connectivity index (χ4v) is 4.25. The molecule has 0 spiro atoms. The van der Waals surface area contributed by atoms with E-state index in [0.29, 0.717) is 18.0 Å². The first-order valence-corrected chi connectivity index (χ1v) is 9.57. The van der Waals surface area contributed by atoms with Crippen molar-refractivity contribution in [3.8, 4) is 0 Å². The number of aromatic nitrogens is 1. The van der Waals surface area contributed by atoms with Gasteiger partial charge >= 0.3 is 0 Å². The van der Waals surface area contributed by atoms with E-state index in [2.05, 4.69) is 15.2 Å². The monoisotopic (exact) mass is 367 g/mol. The van der Waals surface area contributed by atoms with Crippen LogP contribution in [0.15, 0.2) is 23.0 Å². The molecule has 130 valence electrons. The molecule has 8 heteroatoms. The van der Waals surface area contributed by atoms with Gasteiger partial charge in [-0.15, -0.1) is 22.7 Å². The molecule has 1 aliphatic heterocycles.